The Kier molecular flexibility index (Phi) is 4.53. The topological polar surface area (TPSA) is 65.5 Å². The van der Waals surface area contributed by atoms with E-state index in [9.17, 15) is 9.90 Å². The standard InChI is InChI=1S/C12H18ClN3O2/c1-12(2,18)7-16(4)11(17)8-5-9(13)10(14-3)15-6-8/h5-6,18H,7H2,1-4H3,(H,14,15). The van der Waals surface area contributed by atoms with E-state index >= 15 is 0 Å². The van der Waals surface area contributed by atoms with Crippen LogP contribution in [0, 0.1) is 0 Å². The number of pyridine rings is 1. The monoisotopic (exact) mass is 271 g/mol. The van der Waals surface area contributed by atoms with Crippen molar-refractivity contribution in [1.29, 1.82) is 0 Å². The first kappa shape index (κ1) is 14.7. The predicted molar refractivity (Wildman–Crippen MR) is 72.1 cm³/mol. The Morgan fingerprint density at radius 2 is 2.22 bits per heavy atom. The molecule has 0 atom stereocenters. The van der Waals surface area contributed by atoms with Gasteiger partial charge in [0.05, 0.1) is 16.2 Å². The molecule has 0 aromatic carbocycles. The van der Waals surface area contributed by atoms with E-state index < -0.39 is 5.60 Å². The number of carbonyl (C=O) groups is 1. The minimum atomic E-state index is -0.938. The molecule has 1 rings (SSSR count). The number of likely N-dealkylation sites (N-methyl/N-ethyl adjacent to an activating group) is 1. The lowest BCUT2D eigenvalue weighted by atomic mass is 10.1. The summed E-state index contributed by atoms with van der Waals surface area (Å²) >= 11 is 5.97. The lowest BCUT2D eigenvalue weighted by molar-refractivity contribution is 0.0367. The van der Waals surface area contributed by atoms with Gasteiger partial charge in [0.2, 0.25) is 0 Å². The number of nitrogens with one attached hydrogen (secondary N) is 1. The van der Waals surface area contributed by atoms with E-state index in [-0.39, 0.29) is 12.5 Å². The number of nitrogens with zero attached hydrogens (tertiary/aromatic N) is 2. The maximum atomic E-state index is 12.1. The average molecular weight is 272 g/mol. The summed E-state index contributed by atoms with van der Waals surface area (Å²) in [5.74, 6) is 0.299. The molecule has 0 fully saturated rings. The van der Waals surface area contributed by atoms with Crippen molar-refractivity contribution in [2.75, 3.05) is 26.0 Å². The molecule has 18 heavy (non-hydrogen) atoms. The zero-order valence-corrected chi connectivity index (χ0v) is 11.7. The largest absolute Gasteiger partial charge is 0.389 e. The number of carbonyl (C=O) groups excluding carboxylic acids is 1. The summed E-state index contributed by atoms with van der Waals surface area (Å²) in [5, 5.41) is 12.9. The normalized spacial score (nSPS) is 11.2. The summed E-state index contributed by atoms with van der Waals surface area (Å²) < 4.78 is 0. The molecule has 2 N–H and O–H groups in total. The number of aromatic nitrogens is 1. The van der Waals surface area contributed by atoms with E-state index in [4.69, 9.17) is 11.6 Å². The molecule has 1 amide bonds. The maximum Gasteiger partial charge on any atom is 0.255 e. The fourth-order valence-electron chi connectivity index (χ4n) is 1.61. The third-order valence-corrected chi connectivity index (χ3v) is 2.58. The Morgan fingerprint density at radius 3 is 2.67 bits per heavy atom. The van der Waals surface area contributed by atoms with Crippen LogP contribution in [-0.2, 0) is 0 Å². The number of amides is 1. The van der Waals surface area contributed by atoms with Crippen molar-refractivity contribution in [2.45, 2.75) is 19.4 Å². The molecule has 1 aromatic heterocycles. The molecule has 0 bridgehead atoms. The zero-order valence-electron chi connectivity index (χ0n) is 11.0. The number of rotatable bonds is 4. The number of halogens is 1. The Balaban J connectivity index is 2.87. The van der Waals surface area contributed by atoms with E-state index in [1.165, 1.54) is 11.1 Å². The molecular weight excluding hydrogens is 254 g/mol. The Bertz CT molecular complexity index is 443. The second-order valence-electron chi connectivity index (χ2n) is 4.78. The molecule has 0 aliphatic rings. The fraction of sp³-hybridized carbons (Fsp3) is 0.500. The van der Waals surface area contributed by atoms with E-state index in [0.29, 0.717) is 16.4 Å². The minimum Gasteiger partial charge on any atom is -0.389 e. The molecule has 0 aliphatic heterocycles. The fourth-order valence-corrected chi connectivity index (χ4v) is 1.87. The van der Waals surface area contributed by atoms with Crippen LogP contribution >= 0.6 is 11.6 Å². The van der Waals surface area contributed by atoms with Gasteiger partial charge in [0, 0.05) is 26.8 Å². The smallest absolute Gasteiger partial charge is 0.255 e. The summed E-state index contributed by atoms with van der Waals surface area (Å²) in [6, 6.07) is 1.56. The van der Waals surface area contributed by atoms with Gasteiger partial charge in [0.15, 0.2) is 0 Å². The van der Waals surface area contributed by atoms with Gasteiger partial charge in [-0.25, -0.2) is 4.98 Å². The van der Waals surface area contributed by atoms with Crippen molar-refractivity contribution >= 4 is 23.3 Å². The van der Waals surface area contributed by atoms with Gasteiger partial charge in [-0.1, -0.05) is 11.6 Å². The van der Waals surface area contributed by atoms with Crippen LogP contribution in [0.4, 0.5) is 5.82 Å². The van der Waals surface area contributed by atoms with Crippen LogP contribution in [0.25, 0.3) is 0 Å². The Hall–Kier alpha value is -1.33. The first-order valence-electron chi connectivity index (χ1n) is 5.56. The van der Waals surface area contributed by atoms with Crippen LogP contribution in [0.15, 0.2) is 12.3 Å². The minimum absolute atomic E-state index is 0.228. The first-order chi connectivity index (χ1) is 8.24. The van der Waals surface area contributed by atoms with Crippen molar-refractivity contribution in [2.24, 2.45) is 0 Å². The third kappa shape index (κ3) is 3.85. The SMILES string of the molecule is CNc1ncc(C(=O)N(C)CC(C)(C)O)cc1Cl. The second-order valence-corrected chi connectivity index (χ2v) is 5.19. The van der Waals surface area contributed by atoms with Crippen LogP contribution in [0.2, 0.25) is 5.02 Å². The van der Waals surface area contributed by atoms with Gasteiger partial charge in [-0.05, 0) is 19.9 Å². The molecular formula is C12H18ClN3O2. The second kappa shape index (κ2) is 5.54. The number of hydrogen-bond donors (Lipinski definition) is 2. The van der Waals surface area contributed by atoms with Gasteiger partial charge in [-0.2, -0.15) is 0 Å². The predicted octanol–water partition coefficient (Wildman–Crippen LogP) is 1.62. The van der Waals surface area contributed by atoms with Crippen LogP contribution < -0.4 is 5.32 Å². The van der Waals surface area contributed by atoms with Gasteiger partial charge < -0.3 is 15.3 Å². The highest BCUT2D eigenvalue weighted by Crippen LogP contribution is 2.20. The van der Waals surface area contributed by atoms with Crippen molar-refractivity contribution < 1.29 is 9.90 Å². The highest BCUT2D eigenvalue weighted by molar-refractivity contribution is 6.33. The molecule has 0 spiro atoms. The molecule has 0 saturated carbocycles. The molecule has 0 radical (unpaired) electrons. The lowest BCUT2D eigenvalue weighted by Gasteiger charge is -2.25. The average Bonchev–Trinajstić information content (AvgIpc) is 2.25. The van der Waals surface area contributed by atoms with Crippen molar-refractivity contribution in [1.82, 2.24) is 9.88 Å². The van der Waals surface area contributed by atoms with Gasteiger partial charge in [0.25, 0.3) is 5.91 Å². The first-order valence-corrected chi connectivity index (χ1v) is 5.93. The Morgan fingerprint density at radius 1 is 1.61 bits per heavy atom. The highest BCUT2D eigenvalue weighted by Gasteiger charge is 2.21. The van der Waals surface area contributed by atoms with Gasteiger partial charge >= 0.3 is 0 Å². The summed E-state index contributed by atoms with van der Waals surface area (Å²) in [6.45, 7) is 3.52. The van der Waals surface area contributed by atoms with Crippen molar-refractivity contribution in [3.8, 4) is 0 Å². The summed E-state index contributed by atoms with van der Waals surface area (Å²) in [7, 11) is 3.33. The van der Waals surface area contributed by atoms with Crippen LogP contribution in [0.5, 0.6) is 0 Å². The van der Waals surface area contributed by atoms with E-state index in [0.717, 1.165) is 0 Å². The third-order valence-electron chi connectivity index (χ3n) is 2.30. The van der Waals surface area contributed by atoms with Crippen LogP contribution in [-0.4, -0.2) is 47.1 Å². The maximum absolute atomic E-state index is 12.1. The molecule has 0 saturated heterocycles. The molecule has 0 aliphatic carbocycles. The molecule has 6 heteroatoms. The zero-order chi connectivity index (χ0) is 13.9. The van der Waals surface area contributed by atoms with Gasteiger partial charge in [-0.3, -0.25) is 4.79 Å². The summed E-state index contributed by atoms with van der Waals surface area (Å²) in [5.41, 5.74) is -0.544. The Labute approximate surface area is 112 Å². The number of aliphatic hydroxyl groups is 1. The summed E-state index contributed by atoms with van der Waals surface area (Å²) in [4.78, 5) is 17.6. The number of anilines is 1. The van der Waals surface area contributed by atoms with Crippen molar-refractivity contribution in [3.63, 3.8) is 0 Å². The highest BCUT2D eigenvalue weighted by atomic mass is 35.5. The van der Waals surface area contributed by atoms with Gasteiger partial charge in [-0.15, -0.1) is 0 Å². The van der Waals surface area contributed by atoms with Crippen molar-refractivity contribution in [3.05, 3.63) is 22.8 Å². The van der Waals surface area contributed by atoms with E-state index in [1.807, 2.05) is 0 Å². The molecule has 100 valence electrons. The molecule has 5 nitrogen and oxygen atoms in total. The lowest BCUT2D eigenvalue weighted by Crippen LogP contribution is -2.39. The molecule has 1 aromatic rings. The van der Waals surface area contributed by atoms with Gasteiger partial charge in [0.1, 0.15) is 5.82 Å². The molecule has 0 unspecified atom stereocenters. The number of hydrogen-bond acceptors (Lipinski definition) is 4. The van der Waals surface area contributed by atoms with E-state index in [2.05, 4.69) is 10.3 Å². The molecule has 1 heterocycles. The van der Waals surface area contributed by atoms with Crippen LogP contribution in [0.1, 0.15) is 24.2 Å². The quantitative estimate of drug-likeness (QED) is 0.873. The van der Waals surface area contributed by atoms with E-state index in [1.54, 1.807) is 34.0 Å². The summed E-state index contributed by atoms with van der Waals surface area (Å²) in [6.07, 6.45) is 1.46. The van der Waals surface area contributed by atoms with Crippen LogP contribution in [0.3, 0.4) is 0 Å².